The van der Waals surface area contributed by atoms with E-state index in [1.807, 2.05) is 0 Å². The predicted molar refractivity (Wildman–Crippen MR) is 80.6 cm³/mol. The minimum atomic E-state index is 0.0252. The molecule has 0 atom stereocenters. The van der Waals surface area contributed by atoms with Crippen LogP contribution in [0.5, 0.6) is 0 Å². The van der Waals surface area contributed by atoms with Gasteiger partial charge in [-0.2, -0.15) is 0 Å². The largest absolute Gasteiger partial charge is 0.362 e. The number of hydrogen-bond acceptors (Lipinski definition) is 5. The standard InChI is InChI=1S/C14H20N4S/c1-10-7-19-12-11(10)16-9-17-13(12)18-14(8-15)5-3-2-4-6-14/h7,9H,2-6,8,15H2,1H3,(H,16,17,18). The molecule has 0 saturated heterocycles. The first-order chi connectivity index (χ1) is 9.24. The molecule has 1 aliphatic carbocycles. The third kappa shape index (κ3) is 2.32. The number of anilines is 1. The third-order valence-electron chi connectivity index (χ3n) is 4.12. The number of hydrogen-bond donors (Lipinski definition) is 2. The van der Waals surface area contributed by atoms with Crippen LogP contribution in [-0.2, 0) is 0 Å². The van der Waals surface area contributed by atoms with Crippen LogP contribution in [0.4, 0.5) is 5.82 Å². The summed E-state index contributed by atoms with van der Waals surface area (Å²) in [6.07, 6.45) is 7.75. The molecular formula is C14H20N4S. The van der Waals surface area contributed by atoms with E-state index in [0.29, 0.717) is 6.54 Å². The van der Waals surface area contributed by atoms with Gasteiger partial charge in [0.15, 0.2) is 0 Å². The molecule has 0 aromatic carbocycles. The molecule has 1 fully saturated rings. The summed E-state index contributed by atoms with van der Waals surface area (Å²) in [5.74, 6) is 0.954. The van der Waals surface area contributed by atoms with Crippen molar-refractivity contribution < 1.29 is 0 Å². The van der Waals surface area contributed by atoms with E-state index in [1.54, 1.807) is 17.7 Å². The van der Waals surface area contributed by atoms with Crippen LogP contribution in [0.1, 0.15) is 37.7 Å². The van der Waals surface area contributed by atoms with Gasteiger partial charge < -0.3 is 11.1 Å². The van der Waals surface area contributed by atoms with E-state index in [1.165, 1.54) is 24.8 Å². The molecule has 1 aliphatic rings. The molecule has 5 heteroatoms. The Bertz CT molecular complexity index is 572. The third-order valence-corrected chi connectivity index (χ3v) is 5.21. The van der Waals surface area contributed by atoms with Crippen molar-refractivity contribution in [1.82, 2.24) is 9.97 Å². The predicted octanol–water partition coefficient (Wildman–Crippen LogP) is 3.07. The van der Waals surface area contributed by atoms with Crippen molar-refractivity contribution in [3.63, 3.8) is 0 Å². The zero-order valence-corrected chi connectivity index (χ0v) is 12.1. The van der Waals surface area contributed by atoms with Gasteiger partial charge in [0.2, 0.25) is 0 Å². The summed E-state index contributed by atoms with van der Waals surface area (Å²) in [6, 6.07) is 0. The van der Waals surface area contributed by atoms with Gasteiger partial charge in [0, 0.05) is 6.54 Å². The van der Waals surface area contributed by atoms with Crippen LogP contribution >= 0.6 is 11.3 Å². The molecule has 0 spiro atoms. The van der Waals surface area contributed by atoms with Gasteiger partial charge in [-0.05, 0) is 30.7 Å². The van der Waals surface area contributed by atoms with E-state index >= 15 is 0 Å². The smallest absolute Gasteiger partial charge is 0.147 e. The Hall–Kier alpha value is -1.20. The molecule has 0 unspecified atom stereocenters. The highest BCUT2D eigenvalue weighted by Crippen LogP contribution is 2.34. The average Bonchev–Trinajstić information content (AvgIpc) is 2.83. The van der Waals surface area contributed by atoms with Crippen molar-refractivity contribution in [3.8, 4) is 0 Å². The second-order valence-electron chi connectivity index (χ2n) is 5.49. The lowest BCUT2D eigenvalue weighted by molar-refractivity contribution is 0.330. The highest BCUT2D eigenvalue weighted by atomic mass is 32.1. The van der Waals surface area contributed by atoms with Gasteiger partial charge in [0.25, 0.3) is 0 Å². The van der Waals surface area contributed by atoms with Gasteiger partial charge >= 0.3 is 0 Å². The van der Waals surface area contributed by atoms with Gasteiger partial charge in [-0.25, -0.2) is 9.97 Å². The van der Waals surface area contributed by atoms with Gasteiger partial charge in [-0.3, -0.25) is 0 Å². The van der Waals surface area contributed by atoms with Gasteiger partial charge in [-0.1, -0.05) is 19.3 Å². The highest BCUT2D eigenvalue weighted by molar-refractivity contribution is 7.18. The Morgan fingerprint density at radius 2 is 2.11 bits per heavy atom. The lowest BCUT2D eigenvalue weighted by Gasteiger charge is -2.37. The lowest BCUT2D eigenvalue weighted by Crippen LogP contribution is -2.47. The fourth-order valence-electron chi connectivity index (χ4n) is 2.92. The minimum absolute atomic E-state index is 0.0252. The maximum Gasteiger partial charge on any atom is 0.147 e. The first kappa shape index (κ1) is 12.8. The number of rotatable bonds is 3. The minimum Gasteiger partial charge on any atom is -0.362 e. The summed E-state index contributed by atoms with van der Waals surface area (Å²) in [6.45, 7) is 2.76. The van der Waals surface area contributed by atoms with E-state index in [4.69, 9.17) is 5.73 Å². The fourth-order valence-corrected chi connectivity index (χ4v) is 3.87. The van der Waals surface area contributed by atoms with Gasteiger partial charge in [-0.15, -0.1) is 11.3 Å². The molecule has 102 valence electrons. The van der Waals surface area contributed by atoms with Crippen LogP contribution in [0.2, 0.25) is 0 Å². The van der Waals surface area contributed by atoms with Crippen LogP contribution in [0.15, 0.2) is 11.7 Å². The molecule has 2 aromatic heterocycles. The Balaban J connectivity index is 1.95. The Morgan fingerprint density at radius 1 is 1.32 bits per heavy atom. The Labute approximate surface area is 117 Å². The summed E-state index contributed by atoms with van der Waals surface area (Å²) in [5.41, 5.74) is 8.34. The lowest BCUT2D eigenvalue weighted by atomic mass is 9.81. The normalized spacial score (nSPS) is 18.6. The number of fused-ring (bicyclic) bond motifs is 1. The number of thiophene rings is 1. The summed E-state index contributed by atoms with van der Waals surface area (Å²) < 4.78 is 1.15. The second-order valence-corrected chi connectivity index (χ2v) is 6.37. The molecule has 2 heterocycles. The van der Waals surface area contributed by atoms with Crippen LogP contribution < -0.4 is 11.1 Å². The number of aryl methyl sites for hydroxylation is 1. The molecule has 4 nitrogen and oxygen atoms in total. The summed E-state index contributed by atoms with van der Waals surface area (Å²) >= 11 is 1.71. The topological polar surface area (TPSA) is 63.8 Å². The molecule has 3 rings (SSSR count). The zero-order valence-electron chi connectivity index (χ0n) is 11.3. The number of nitrogens with two attached hydrogens (primary N) is 1. The van der Waals surface area contributed by atoms with E-state index in [2.05, 4.69) is 27.6 Å². The summed E-state index contributed by atoms with van der Waals surface area (Å²) in [4.78, 5) is 8.81. The molecule has 2 aromatic rings. The monoisotopic (exact) mass is 276 g/mol. The van der Waals surface area contributed by atoms with Crippen LogP contribution in [0.3, 0.4) is 0 Å². The quantitative estimate of drug-likeness (QED) is 0.904. The van der Waals surface area contributed by atoms with Crippen molar-refractivity contribution in [3.05, 3.63) is 17.3 Å². The number of nitrogens with one attached hydrogen (secondary N) is 1. The summed E-state index contributed by atoms with van der Waals surface area (Å²) in [7, 11) is 0. The van der Waals surface area contributed by atoms with Crippen molar-refractivity contribution in [1.29, 1.82) is 0 Å². The molecule has 19 heavy (non-hydrogen) atoms. The van der Waals surface area contributed by atoms with E-state index in [-0.39, 0.29) is 5.54 Å². The van der Waals surface area contributed by atoms with Crippen molar-refractivity contribution in [2.75, 3.05) is 11.9 Å². The first-order valence-corrected chi connectivity index (χ1v) is 7.79. The molecule has 3 N–H and O–H groups in total. The van der Waals surface area contributed by atoms with E-state index in [0.717, 1.165) is 28.9 Å². The van der Waals surface area contributed by atoms with Crippen LogP contribution in [-0.4, -0.2) is 22.1 Å². The molecule has 0 radical (unpaired) electrons. The molecule has 1 saturated carbocycles. The van der Waals surface area contributed by atoms with Gasteiger partial charge in [0.05, 0.1) is 15.8 Å². The maximum absolute atomic E-state index is 6.03. The maximum atomic E-state index is 6.03. The highest BCUT2D eigenvalue weighted by Gasteiger charge is 2.31. The molecule has 0 amide bonds. The Morgan fingerprint density at radius 3 is 2.84 bits per heavy atom. The van der Waals surface area contributed by atoms with Crippen molar-refractivity contribution >= 4 is 27.4 Å². The van der Waals surface area contributed by atoms with Crippen LogP contribution in [0.25, 0.3) is 10.2 Å². The number of nitrogens with zero attached hydrogens (tertiary/aromatic N) is 2. The van der Waals surface area contributed by atoms with Crippen LogP contribution in [0, 0.1) is 6.92 Å². The average molecular weight is 276 g/mol. The molecular weight excluding hydrogens is 256 g/mol. The Kier molecular flexibility index (Phi) is 3.41. The SMILES string of the molecule is Cc1csc2c(NC3(CN)CCCCC3)ncnc12. The van der Waals surface area contributed by atoms with E-state index in [9.17, 15) is 0 Å². The zero-order chi connectivity index (χ0) is 13.3. The second kappa shape index (κ2) is 5.06. The first-order valence-electron chi connectivity index (χ1n) is 6.91. The number of aromatic nitrogens is 2. The van der Waals surface area contributed by atoms with Crippen molar-refractivity contribution in [2.24, 2.45) is 5.73 Å². The molecule has 0 bridgehead atoms. The van der Waals surface area contributed by atoms with E-state index < -0.39 is 0 Å². The fraction of sp³-hybridized carbons (Fsp3) is 0.571. The van der Waals surface area contributed by atoms with Gasteiger partial charge in [0.1, 0.15) is 12.1 Å². The summed E-state index contributed by atoms with van der Waals surface area (Å²) in [5, 5.41) is 5.77. The molecule has 0 aliphatic heterocycles. The van der Waals surface area contributed by atoms with Crippen molar-refractivity contribution in [2.45, 2.75) is 44.6 Å².